The summed E-state index contributed by atoms with van der Waals surface area (Å²) in [4.78, 5) is 0. The van der Waals surface area contributed by atoms with Crippen LogP contribution in [-0.4, -0.2) is 6.04 Å². The molecule has 0 amide bonds. The van der Waals surface area contributed by atoms with Gasteiger partial charge in [-0.25, -0.2) is 4.39 Å². The summed E-state index contributed by atoms with van der Waals surface area (Å²) in [7, 11) is 0. The first kappa shape index (κ1) is 12.7. The molecule has 0 spiro atoms. The van der Waals surface area contributed by atoms with E-state index < -0.39 is 0 Å². The fourth-order valence-electron chi connectivity index (χ4n) is 1.62. The lowest BCUT2D eigenvalue weighted by Gasteiger charge is -2.10. The van der Waals surface area contributed by atoms with Gasteiger partial charge in [0, 0.05) is 10.5 Å². The lowest BCUT2D eigenvalue weighted by Crippen LogP contribution is -2.20. The molecule has 1 aromatic carbocycles. The molecule has 0 aliphatic carbocycles. The Labute approximate surface area is 99.0 Å². The van der Waals surface area contributed by atoms with Gasteiger partial charge in [0.05, 0.1) is 0 Å². The summed E-state index contributed by atoms with van der Waals surface area (Å²) >= 11 is 3.28. The van der Waals surface area contributed by atoms with Crippen molar-refractivity contribution < 1.29 is 4.39 Å². The average molecular weight is 274 g/mol. The third-order valence-electron chi connectivity index (χ3n) is 2.39. The van der Waals surface area contributed by atoms with Crippen molar-refractivity contribution in [3.05, 3.63) is 34.1 Å². The zero-order valence-electron chi connectivity index (χ0n) is 8.97. The topological polar surface area (TPSA) is 26.0 Å². The van der Waals surface area contributed by atoms with Crippen molar-refractivity contribution in [1.29, 1.82) is 0 Å². The highest BCUT2D eigenvalue weighted by molar-refractivity contribution is 9.10. The monoisotopic (exact) mass is 273 g/mol. The molecule has 2 N–H and O–H groups in total. The Morgan fingerprint density at radius 3 is 2.67 bits per heavy atom. The first-order chi connectivity index (χ1) is 7.11. The Hall–Kier alpha value is -0.410. The number of nitrogens with two attached hydrogens (primary N) is 1. The van der Waals surface area contributed by atoms with E-state index in [1.54, 1.807) is 6.07 Å². The summed E-state index contributed by atoms with van der Waals surface area (Å²) in [5.74, 6) is -0.191. The SMILES string of the molecule is CCCC(N)CCc1cc(F)cc(Br)c1. The molecule has 1 rings (SSSR count). The van der Waals surface area contributed by atoms with Crippen LogP contribution in [0.4, 0.5) is 4.39 Å². The third-order valence-corrected chi connectivity index (χ3v) is 2.84. The Morgan fingerprint density at radius 1 is 1.33 bits per heavy atom. The molecule has 0 aromatic heterocycles. The van der Waals surface area contributed by atoms with Gasteiger partial charge in [-0.05, 0) is 43.0 Å². The lowest BCUT2D eigenvalue weighted by molar-refractivity contribution is 0.558. The van der Waals surface area contributed by atoms with Gasteiger partial charge in [0.15, 0.2) is 0 Å². The van der Waals surface area contributed by atoms with Gasteiger partial charge in [0.2, 0.25) is 0 Å². The van der Waals surface area contributed by atoms with Crippen molar-refractivity contribution in [2.75, 3.05) is 0 Å². The number of rotatable bonds is 5. The Morgan fingerprint density at radius 2 is 2.07 bits per heavy atom. The number of aryl methyl sites for hydroxylation is 1. The van der Waals surface area contributed by atoms with Gasteiger partial charge in [0.1, 0.15) is 5.82 Å². The smallest absolute Gasteiger partial charge is 0.124 e. The minimum absolute atomic E-state index is 0.191. The van der Waals surface area contributed by atoms with Crippen molar-refractivity contribution in [3.8, 4) is 0 Å². The van der Waals surface area contributed by atoms with Gasteiger partial charge >= 0.3 is 0 Å². The molecule has 1 unspecified atom stereocenters. The van der Waals surface area contributed by atoms with E-state index in [0.29, 0.717) is 0 Å². The molecule has 1 nitrogen and oxygen atoms in total. The van der Waals surface area contributed by atoms with Crippen LogP contribution >= 0.6 is 15.9 Å². The quantitative estimate of drug-likeness (QED) is 0.871. The average Bonchev–Trinajstić information content (AvgIpc) is 2.14. The highest BCUT2D eigenvalue weighted by Gasteiger charge is 2.03. The molecule has 0 fully saturated rings. The predicted molar refractivity (Wildman–Crippen MR) is 65.3 cm³/mol. The van der Waals surface area contributed by atoms with Gasteiger partial charge in [-0.2, -0.15) is 0 Å². The maximum Gasteiger partial charge on any atom is 0.124 e. The second-order valence-corrected chi connectivity index (χ2v) is 4.78. The van der Waals surface area contributed by atoms with E-state index in [4.69, 9.17) is 5.73 Å². The molecule has 0 saturated heterocycles. The molecule has 0 radical (unpaired) electrons. The molecule has 1 atom stereocenters. The van der Waals surface area contributed by atoms with E-state index >= 15 is 0 Å². The Bertz CT molecular complexity index is 294. The highest BCUT2D eigenvalue weighted by Crippen LogP contribution is 2.16. The summed E-state index contributed by atoms with van der Waals surface area (Å²) < 4.78 is 13.8. The fraction of sp³-hybridized carbons (Fsp3) is 0.500. The first-order valence-electron chi connectivity index (χ1n) is 5.32. The van der Waals surface area contributed by atoms with Gasteiger partial charge in [-0.1, -0.05) is 29.3 Å². The van der Waals surface area contributed by atoms with E-state index in [1.807, 2.05) is 6.07 Å². The fourth-order valence-corrected chi connectivity index (χ4v) is 2.14. The molecule has 0 saturated carbocycles. The van der Waals surface area contributed by atoms with E-state index in [9.17, 15) is 4.39 Å². The number of hydrogen-bond donors (Lipinski definition) is 1. The molecule has 0 aliphatic rings. The molecule has 3 heteroatoms. The minimum Gasteiger partial charge on any atom is -0.328 e. The second-order valence-electron chi connectivity index (χ2n) is 3.87. The minimum atomic E-state index is -0.191. The molecule has 1 aromatic rings. The molecule has 15 heavy (non-hydrogen) atoms. The van der Waals surface area contributed by atoms with E-state index in [-0.39, 0.29) is 11.9 Å². The molecule has 0 aliphatic heterocycles. The van der Waals surface area contributed by atoms with Gasteiger partial charge in [0.25, 0.3) is 0 Å². The van der Waals surface area contributed by atoms with Crippen LogP contribution in [0, 0.1) is 5.82 Å². The largest absolute Gasteiger partial charge is 0.328 e. The van der Waals surface area contributed by atoms with Crippen molar-refractivity contribution >= 4 is 15.9 Å². The first-order valence-corrected chi connectivity index (χ1v) is 6.11. The zero-order valence-corrected chi connectivity index (χ0v) is 10.6. The number of halogens is 2. The third kappa shape index (κ3) is 4.76. The van der Waals surface area contributed by atoms with Gasteiger partial charge in [-0.15, -0.1) is 0 Å². The van der Waals surface area contributed by atoms with E-state index in [0.717, 1.165) is 35.7 Å². The standard InChI is InChI=1S/C12H17BrFN/c1-2-3-12(15)5-4-9-6-10(13)8-11(14)7-9/h6-8,12H,2-5,15H2,1H3. The molecule has 0 heterocycles. The van der Waals surface area contributed by atoms with Crippen molar-refractivity contribution in [1.82, 2.24) is 0 Å². The summed E-state index contributed by atoms with van der Waals surface area (Å²) in [6.07, 6.45) is 3.91. The number of benzene rings is 1. The predicted octanol–water partition coefficient (Wildman–Crippen LogP) is 3.65. The maximum absolute atomic E-state index is 13.0. The van der Waals surface area contributed by atoms with Crippen molar-refractivity contribution in [2.45, 2.75) is 38.6 Å². The summed E-state index contributed by atoms with van der Waals surface area (Å²) in [5.41, 5.74) is 6.91. The second kappa shape index (κ2) is 6.23. The van der Waals surface area contributed by atoms with Crippen LogP contribution in [-0.2, 0) is 6.42 Å². The summed E-state index contributed by atoms with van der Waals surface area (Å²) in [6.45, 7) is 2.12. The molecular weight excluding hydrogens is 257 g/mol. The maximum atomic E-state index is 13.0. The van der Waals surface area contributed by atoms with Crippen LogP contribution in [0.2, 0.25) is 0 Å². The molecule has 84 valence electrons. The van der Waals surface area contributed by atoms with Gasteiger partial charge < -0.3 is 5.73 Å². The normalized spacial score (nSPS) is 12.8. The van der Waals surface area contributed by atoms with Crippen LogP contribution < -0.4 is 5.73 Å². The Balaban J connectivity index is 2.50. The van der Waals surface area contributed by atoms with Crippen molar-refractivity contribution in [3.63, 3.8) is 0 Å². The summed E-state index contributed by atoms with van der Waals surface area (Å²) in [5, 5.41) is 0. The van der Waals surface area contributed by atoms with E-state index in [1.165, 1.54) is 6.07 Å². The van der Waals surface area contributed by atoms with Crippen LogP contribution in [0.5, 0.6) is 0 Å². The zero-order chi connectivity index (χ0) is 11.3. The molecule has 0 bridgehead atoms. The lowest BCUT2D eigenvalue weighted by atomic mass is 10.0. The Kier molecular flexibility index (Phi) is 5.26. The van der Waals surface area contributed by atoms with Crippen LogP contribution in [0.1, 0.15) is 31.7 Å². The van der Waals surface area contributed by atoms with Crippen LogP contribution in [0.25, 0.3) is 0 Å². The highest BCUT2D eigenvalue weighted by atomic mass is 79.9. The van der Waals surface area contributed by atoms with Crippen molar-refractivity contribution in [2.24, 2.45) is 5.73 Å². The summed E-state index contributed by atoms with van der Waals surface area (Å²) in [6, 6.07) is 5.22. The van der Waals surface area contributed by atoms with Crippen LogP contribution in [0.3, 0.4) is 0 Å². The molecular formula is C12H17BrFN. The van der Waals surface area contributed by atoms with Gasteiger partial charge in [-0.3, -0.25) is 0 Å². The van der Waals surface area contributed by atoms with E-state index in [2.05, 4.69) is 22.9 Å². The number of hydrogen-bond acceptors (Lipinski definition) is 1. The van der Waals surface area contributed by atoms with Crippen LogP contribution in [0.15, 0.2) is 22.7 Å².